The molecule has 0 atom stereocenters. The van der Waals surface area contributed by atoms with Gasteiger partial charge in [0, 0.05) is 12.8 Å². The van der Waals surface area contributed by atoms with E-state index >= 15 is 0 Å². The minimum atomic E-state index is 1.08. The molecule has 0 aromatic rings. The molecule has 0 saturated carbocycles. The molecule has 0 aliphatic rings. The van der Waals surface area contributed by atoms with Crippen LogP contribution in [0.2, 0.25) is 0 Å². The Morgan fingerprint density at radius 2 is 1.73 bits per heavy atom. The molecule has 0 spiro atoms. The highest BCUT2D eigenvalue weighted by molar-refractivity contribution is 14.1. The van der Waals surface area contributed by atoms with E-state index in [1.165, 1.54) is 30.1 Å². The Balaban J connectivity index is 2.96. The second-order valence-electron chi connectivity index (χ2n) is 2.60. The molecule has 0 bridgehead atoms. The van der Waals surface area contributed by atoms with Crippen LogP contribution in [0.3, 0.4) is 0 Å². The van der Waals surface area contributed by atoms with Gasteiger partial charge in [-0.3, -0.25) is 0 Å². The molecule has 0 amide bonds. The lowest BCUT2D eigenvalue weighted by Gasteiger charge is -1.90. The van der Waals surface area contributed by atoms with Crippen molar-refractivity contribution >= 4 is 22.6 Å². The number of halogens is 1. The first kappa shape index (κ1) is 11.3. The summed E-state index contributed by atoms with van der Waals surface area (Å²) in [4.78, 5) is 0. The molecule has 64 valence electrons. The van der Waals surface area contributed by atoms with Gasteiger partial charge in [-0.25, -0.2) is 0 Å². The predicted octanol–water partition coefficient (Wildman–Crippen LogP) is 3.79. The number of unbranched alkanes of at least 4 members (excludes halogenated alkanes) is 4. The van der Waals surface area contributed by atoms with Crippen LogP contribution in [0.25, 0.3) is 0 Å². The minimum absolute atomic E-state index is 1.08. The van der Waals surface area contributed by atoms with Gasteiger partial charge in [0.15, 0.2) is 0 Å². The average molecular weight is 264 g/mol. The van der Waals surface area contributed by atoms with E-state index in [0.29, 0.717) is 0 Å². The van der Waals surface area contributed by atoms with E-state index in [1.54, 1.807) is 0 Å². The molecule has 0 saturated heterocycles. The standard InChI is InChI=1S/C10H17I/c1-2-3-4-5-6-7-8-9-10-11/h2-3,6-10H2,1H3. The molecule has 1 heteroatoms. The Morgan fingerprint density at radius 1 is 1.00 bits per heavy atom. The van der Waals surface area contributed by atoms with E-state index in [0.717, 1.165) is 12.8 Å². The first-order valence-corrected chi connectivity index (χ1v) is 5.96. The monoisotopic (exact) mass is 264 g/mol. The Bertz CT molecular complexity index is 119. The molecular formula is C10H17I. The maximum absolute atomic E-state index is 3.19. The highest BCUT2D eigenvalue weighted by Gasteiger charge is 1.83. The minimum Gasteiger partial charge on any atom is -0.103 e. The lowest BCUT2D eigenvalue weighted by atomic mass is 10.2. The van der Waals surface area contributed by atoms with Crippen LogP contribution in [0.1, 0.15) is 45.4 Å². The molecule has 0 aromatic carbocycles. The number of rotatable bonds is 5. The molecule has 0 N–H and O–H groups in total. The van der Waals surface area contributed by atoms with Crippen molar-refractivity contribution in [2.45, 2.75) is 45.4 Å². The number of alkyl halides is 1. The predicted molar refractivity (Wildman–Crippen MR) is 60.0 cm³/mol. The van der Waals surface area contributed by atoms with Crippen LogP contribution in [-0.4, -0.2) is 4.43 Å². The van der Waals surface area contributed by atoms with Crippen molar-refractivity contribution in [2.24, 2.45) is 0 Å². The third-order valence-corrected chi connectivity index (χ3v) is 2.20. The first-order chi connectivity index (χ1) is 5.41. The fraction of sp³-hybridized carbons (Fsp3) is 0.800. The van der Waals surface area contributed by atoms with Crippen molar-refractivity contribution < 1.29 is 0 Å². The summed E-state index contributed by atoms with van der Waals surface area (Å²) in [6, 6.07) is 0. The molecule has 0 aliphatic carbocycles. The highest BCUT2D eigenvalue weighted by Crippen LogP contribution is 2.01. The molecule has 0 aromatic heterocycles. The van der Waals surface area contributed by atoms with Crippen molar-refractivity contribution in [2.75, 3.05) is 4.43 Å². The average Bonchev–Trinajstić information content (AvgIpc) is 2.03. The largest absolute Gasteiger partial charge is 0.103 e. The van der Waals surface area contributed by atoms with E-state index < -0.39 is 0 Å². The van der Waals surface area contributed by atoms with Gasteiger partial charge >= 0.3 is 0 Å². The summed E-state index contributed by atoms with van der Waals surface area (Å²) in [5.74, 6) is 6.35. The third-order valence-electron chi connectivity index (χ3n) is 1.44. The Labute approximate surface area is 84.3 Å². The Hall–Kier alpha value is 0.290. The molecule has 0 radical (unpaired) electrons. The molecule has 0 nitrogen and oxygen atoms in total. The summed E-state index contributed by atoms with van der Waals surface area (Å²) < 4.78 is 1.29. The van der Waals surface area contributed by atoms with Gasteiger partial charge in [-0.2, -0.15) is 0 Å². The number of hydrogen-bond acceptors (Lipinski definition) is 0. The quantitative estimate of drug-likeness (QED) is 0.307. The Kier molecular flexibility index (Phi) is 10.6. The van der Waals surface area contributed by atoms with Gasteiger partial charge in [-0.15, -0.1) is 11.8 Å². The molecule has 0 aliphatic heterocycles. The summed E-state index contributed by atoms with van der Waals surface area (Å²) in [6.07, 6.45) is 7.38. The SMILES string of the molecule is CCCC#CCCCCCI. The maximum atomic E-state index is 3.19. The summed E-state index contributed by atoms with van der Waals surface area (Å²) >= 11 is 2.43. The van der Waals surface area contributed by atoms with E-state index in [2.05, 4.69) is 41.4 Å². The van der Waals surface area contributed by atoms with Gasteiger partial charge in [0.1, 0.15) is 0 Å². The van der Waals surface area contributed by atoms with Gasteiger partial charge in [0.2, 0.25) is 0 Å². The summed E-state index contributed by atoms with van der Waals surface area (Å²) in [5, 5.41) is 0. The van der Waals surface area contributed by atoms with Gasteiger partial charge in [-0.05, 0) is 23.7 Å². The zero-order chi connectivity index (χ0) is 8.36. The van der Waals surface area contributed by atoms with E-state index in [-0.39, 0.29) is 0 Å². The van der Waals surface area contributed by atoms with Crippen LogP contribution >= 0.6 is 22.6 Å². The fourth-order valence-corrected chi connectivity index (χ4v) is 1.33. The van der Waals surface area contributed by atoms with Crippen molar-refractivity contribution in [1.29, 1.82) is 0 Å². The normalized spacial score (nSPS) is 8.91. The van der Waals surface area contributed by atoms with Crippen molar-refractivity contribution in [3.05, 3.63) is 0 Å². The smallest absolute Gasteiger partial charge is 0.00886 e. The summed E-state index contributed by atoms with van der Waals surface area (Å²) in [6.45, 7) is 2.17. The third kappa shape index (κ3) is 10.3. The van der Waals surface area contributed by atoms with Crippen molar-refractivity contribution in [3.63, 3.8) is 0 Å². The van der Waals surface area contributed by atoms with E-state index in [4.69, 9.17) is 0 Å². The van der Waals surface area contributed by atoms with Crippen molar-refractivity contribution in [3.8, 4) is 11.8 Å². The van der Waals surface area contributed by atoms with Gasteiger partial charge in [0.05, 0.1) is 0 Å². The molecule has 0 fully saturated rings. The van der Waals surface area contributed by atoms with Crippen LogP contribution in [0.5, 0.6) is 0 Å². The topological polar surface area (TPSA) is 0 Å². The van der Waals surface area contributed by atoms with E-state index in [9.17, 15) is 0 Å². The number of hydrogen-bond donors (Lipinski definition) is 0. The second-order valence-corrected chi connectivity index (χ2v) is 3.68. The van der Waals surface area contributed by atoms with Crippen LogP contribution < -0.4 is 0 Å². The molecule has 0 heterocycles. The van der Waals surface area contributed by atoms with Crippen LogP contribution in [0, 0.1) is 11.8 Å². The zero-order valence-corrected chi connectivity index (χ0v) is 9.49. The van der Waals surface area contributed by atoms with Crippen molar-refractivity contribution in [1.82, 2.24) is 0 Å². The highest BCUT2D eigenvalue weighted by atomic mass is 127. The van der Waals surface area contributed by atoms with Crippen LogP contribution in [-0.2, 0) is 0 Å². The molecule has 0 unspecified atom stereocenters. The van der Waals surface area contributed by atoms with Gasteiger partial charge in [-0.1, -0.05) is 35.9 Å². The summed E-state index contributed by atoms with van der Waals surface area (Å²) in [7, 11) is 0. The Morgan fingerprint density at radius 3 is 2.36 bits per heavy atom. The second kappa shape index (κ2) is 10.3. The molecule has 0 rings (SSSR count). The molecular weight excluding hydrogens is 247 g/mol. The summed E-state index contributed by atoms with van der Waals surface area (Å²) in [5.41, 5.74) is 0. The van der Waals surface area contributed by atoms with E-state index in [1.807, 2.05) is 0 Å². The lowest BCUT2D eigenvalue weighted by Crippen LogP contribution is -1.76. The first-order valence-electron chi connectivity index (χ1n) is 4.43. The van der Waals surface area contributed by atoms with Gasteiger partial charge in [0.25, 0.3) is 0 Å². The fourth-order valence-electron chi connectivity index (χ4n) is 0.786. The van der Waals surface area contributed by atoms with Gasteiger partial charge < -0.3 is 0 Å². The molecule has 11 heavy (non-hydrogen) atoms. The van der Waals surface area contributed by atoms with Crippen LogP contribution in [0.15, 0.2) is 0 Å². The maximum Gasteiger partial charge on any atom is 0.00886 e. The van der Waals surface area contributed by atoms with Crippen LogP contribution in [0.4, 0.5) is 0 Å². The zero-order valence-electron chi connectivity index (χ0n) is 7.33. The lowest BCUT2D eigenvalue weighted by molar-refractivity contribution is 0.747.